The van der Waals surface area contributed by atoms with Crippen molar-refractivity contribution in [3.05, 3.63) is 5.82 Å². The second-order valence-corrected chi connectivity index (χ2v) is 6.55. The molecule has 1 aromatic heterocycles. The smallest absolute Gasteiger partial charge is 0.205 e. The highest BCUT2D eigenvalue weighted by Gasteiger charge is 2.33. The highest BCUT2D eigenvalue weighted by molar-refractivity contribution is 7.09. The Bertz CT molecular complexity index is 381. The van der Waals surface area contributed by atoms with Crippen LogP contribution in [0.1, 0.15) is 39.9 Å². The summed E-state index contributed by atoms with van der Waals surface area (Å²) >= 11 is 1.43. The molecule has 0 bridgehead atoms. The van der Waals surface area contributed by atoms with Crippen LogP contribution in [0.5, 0.6) is 0 Å². The lowest BCUT2D eigenvalue weighted by Gasteiger charge is -2.17. The third kappa shape index (κ3) is 2.35. The molecule has 1 fully saturated rings. The van der Waals surface area contributed by atoms with Crippen molar-refractivity contribution in [2.24, 2.45) is 0 Å². The van der Waals surface area contributed by atoms with Gasteiger partial charge in [-0.15, -0.1) is 0 Å². The minimum Gasteiger partial charge on any atom is -0.388 e. The van der Waals surface area contributed by atoms with Crippen molar-refractivity contribution in [2.45, 2.75) is 45.1 Å². The maximum atomic E-state index is 9.91. The van der Waals surface area contributed by atoms with Crippen molar-refractivity contribution in [3.8, 4) is 0 Å². The van der Waals surface area contributed by atoms with E-state index in [2.05, 4.69) is 35.0 Å². The molecule has 2 rings (SSSR count). The number of aromatic nitrogens is 2. The molecular weight excluding hydrogens is 222 g/mol. The van der Waals surface area contributed by atoms with Crippen molar-refractivity contribution in [2.75, 3.05) is 18.0 Å². The predicted octanol–water partition coefficient (Wildman–Crippen LogP) is 1.80. The third-order valence-electron chi connectivity index (χ3n) is 2.81. The molecule has 0 aromatic carbocycles. The van der Waals surface area contributed by atoms with Crippen LogP contribution in [0.3, 0.4) is 0 Å². The maximum Gasteiger partial charge on any atom is 0.205 e. The SMILES string of the molecule is CC1(O)CCN(c2nc(C(C)(C)C)ns2)C1. The molecule has 0 spiro atoms. The first-order valence-corrected chi connectivity index (χ1v) is 6.37. The molecule has 0 saturated carbocycles. The maximum absolute atomic E-state index is 9.91. The van der Waals surface area contributed by atoms with Crippen LogP contribution in [0, 0.1) is 0 Å². The zero-order chi connectivity index (χ0) is 12.0. The van der Waals surface area contributed by atoms with E-state index in [0.29, 0.717) is 6.54 Å². The van der Waals surface area contributed by atoms with Gasteiger partial charge in [-0.2, -0.15) is 4.37 Å². The van der Waals surface area contributed by atoms with Gasteiger partial charge in [-0.25, -0.2) is 4.98 Å². The Balaban J connectivity index is 2.15. The Morgan fingerprint density at radius 1 is 1.44 bits per heavy atom. The van der Waals surface area contributed by atoms with Gasteiger partial charge in [-0.05, 0) is 13.3 Å². The van der Waals surface area contributed by atoms with E-state index in [1.165, 1.54) is 11.5 Å². The topological polar surface area (TPSA) is 49.2 Å². The van der Waals surface area contributed by atoms with Gasteiger partial charge in [0.15, 0.2) is 0 Å². The standard InChI is InChI=1S/C11H19N3OS/c1-10(2,3)8-12-9(16-13-8)14-6-5-11(4,15)7-14/h15H,5-7H2,1-4H3. The van der Waals surface area contributed by atoms with Crippen molar-refractivity contribution < 1.29 is 5.11 Å². The first kappa shape index (κ1) is 11.8. The fourth-order valence-corrected chi connectivity index (χ4v) is 2.64. The Morgan fingerprint density at radius 2 is 2.12 bits per heavy atom. The normalized spacial score (nSPS) is 26.4. The fraction of sp³-hybridized carbons (Fsp3) is 0.818. The van der Waals surface area contributed by atoms with Gasteiger partial charge >= 0.3 is 0 Å². The number of aliphatic hydroxyl groups is 1. The second-order valence-electron chi connectivity index (χ2n) is 5.82. The molecular formula is C11H19N3OS. The molecule has 0 radical (unpaired) electrons. The summed E-state index contributed by atoms with van der Waals surface area (Å²) in [6.45, 7) is 9.73. The molecule has 2 heterocycles. The van der Waals surface area contributed by atoms with E-state index in [4.69, 9.17) is 0 Å². The molecule has 1 aliphatic rings. The Kier molecular flexibility index (Phi) is 2.70. The average molecular weight is 241 g/mol. The summed E-state index contributed by atoms with van der Waals surface area (Å²) in [5.41, 5.74) is -0.579. The highest BCUT2D eigenvalue weighted by atomic mass is 32.1. The van der Waals surface area contributed by atoms with Gasteiger partial charge in [0, 0.05) is 30.0 Å². The molecule has 5 heteroatoms. The van der Waals surface area contributed by atoms with Crippen LogP contribution in [-0.2, 0) is 5.41 Å². The molecule has 1 unspecified atom stereocenters. The molecule has 0 aliphatic carbocycles. The third-order valence-corrected chi connectivity index (χ3v) is 3.59. The van der Waals surface area contributed by atoms with Gasteiger partial charge in [0.2, 0.25) is 5.13 Å². The predicted molar refractivity (Wildman–Crippen MR) is 66.1 cm³/mol. The number of hydrogen-bond acceptors (Lipinski definition) is 5. The summed E-state index contributed by atoms with van der Waals surface area (Å²) in [6.07, 6.45) is 0.803. The molecule has 16 heavy (non-hydrogen) atoms. The van der Waals surface area contributed by atoms with Crippen LogP contribution in [0.15, 0.2) is 0 Å². The number of anilines is 1. The van der Waals surface area contributed by atoms with Gasteiger partial charge in [0.1, 0.15) is 5.82 Å². The molecule has 1 aromatic rings. The van der Waals surface area contributed by atoms with Crippen LogP contribution in [0.4, 0.5) is 5.13 Å². The van der Waals surface area contributed by atoms with E-state index in [1.807, 2.05) is 6.92 Å². The number of hydrogen-bond donors (Lipinski definition) is 1. The lowest BCUT2D eigenvalue weighted by atomic mass is 9.96. The molecule has 0 amide bonds. The zero-order valence-corrected chi connectivity index (χ0v) is 11.1. The molecule has 4 nitrogen and oxygen atoms in total. The second kappa shape index (κ2) is 3.67. The van der Waals surface area contributed by atoms with E-state index in [-0.39, 0.29) is 5.41 Å². The summed E-state index contributed by atoms with van der Waals surface area (Å²) in [4.78, 5) is 6.67. The first-order chi connectivity index (χ1) is 7.28. The van der Waals surface area contributed by atoms with Crippen LogP contribution in [0.2, 0.25) is 0 Å². The lowest BCUT2D eigenvalue weighted by molar-refractivity contribution is 0.0839. The van der Waals surface area contributed by atoms with Gasteiger partial charge in [-0.1, -0.05) is 20.8 Å². The summed E-state index contributed by atoms with van der Waals surface area (Å²) in [7, 11) is 0. The van der Waals surface area contributed by atoms with Crippen LogP contribution < -0.4 is 4.90 Å². The monoisotopic (exact) mass is 241 g/mol. The van der Waals surface area contributed by atoms with Crippen molar-refractivity contribution >= 4 is 16.7 Å². The van der Waals surface area contributed by atoms with E-state index in [0.717, 1.165) is 23.9 Å². The number of nitrogens with zero attached hydrogens (tertiary/aromatic N) is 3. The van der Waals surface area contributed by atoms with Gasteiger partial charge in [-0.3, -0.25) is 0 Å². The van der Waals surface area contributed by atoms with E-state index in [1.54, 1.807) is 0 Å². The molecule has 1 atom stereocenters. The van der Waals surface area contributed by atoms with E-state index < -0.39 is 5.60 Å². The fourth-order valence-electron chi connectivity index (χ4n) is 1.76. The molecule has 1 N–H and O–H groups in total. The lowest BCUT2D eigenvalue weighted by Crippen LogP contribution is -2.29. The Morgan fingerprint density at radius 3 is 2.56 bits per heavy atom. The number of β-amino-alcohol motifs (C(OH)–C–C–N with tert-alkyl or cyclic N) is 1. The largest absolute Gasteiger partial charge is 0.388 e. The summed E-state index contributed by atoms with van der Waals surface area (Å²) < 4.78 is 4.39. The minimum atomic E-state index is -0.576. The van der Waals surface area contributed by atoms with Crippen molar-refractivity contribution in [1.82, 2.24) is 9.36 Å². The van der Waals surface area contributed by atoms with E-state index >= 15 is 0 Å². The minimum absolute atomic E-state index is 0.00298. The van der Waals surface area contributed by atoms with Crippen LogP contribution >= 0.6 is 11.5 Å². The van der Waals surface area contributed by atoms with E-state index in [9.17, 15) is 5.11 Å². The average Bonchev–Trinajstić information content (AvgIpc) is 2.68. The zero-order valence-electron chi connectivity index (χ0n) is 10.3. The first-order valence-electron chi connectivity index (χ1n) is 5.59. The molecule has 1 saturated heterocycles. The Hall–Kier alpha value is -0.680. The van der Waals surface area contributed by atoms with Gasteiger partial charge in [0.25, 0.3) is 0 Å². The summed E-state index contributed by atoms with van der Waals surface area (Å²) in [5, 5.41) is 10.8. The summed E-state index contributed by atoms with van der Waals surface area (Å²) in [5.74, 6) is 0.888. The molecule has 90 valence electrons. The highest BCUT2D eigenvalue weighted by Crippen LogP contribution is 2.30. The Labute approximate surface area is 100 Å². The molecule has 1 aliphatic heterocycles. The van der Waals surface area contributed by atoms with Crippen LogP contribution in [-0.4, -0.2) is 33.2 Å². The van der Waals surface area contributed by atoms with Gasteiger partial charge < -0.3 is 10.0 Å². The van der Waals surface area contributed by atoms with Crippen molar-refractivity contribution in [3.63, 3.8) is 0 Å². The quantitative estimate of drug-likeness (QED) is 0.814. The summed E-state index contributed by atoms with van der Waals surface area (Å²) in [6, 6.07) is 0. The van der Waals surface area contributed by atoms with Crippen LogP contribution in [0.25, 0.3) is 0 Å². The van der Waals surface area contributed by atoms with Crippen molar-refractivity contribution in [1.29, 1.82) is 0 Å². The van der Waals surface area contributed by atoms with Gasteiger partial charge in [0.05, 0.1) is 5.60 Å². The number of rotatable bonds is 1.